The van der Waals surface area contributed by atoms with Crippen LogP contribution in [-0.4, -0.2) is 41.9 Å². The highest BCUT2D eigenvalue weighted by Gasteiger charge is 2.23. The molecule has 4 nitrogen and oxygen atoms in total. The Bertz CT molecular complexity index is 653. The van der Waals surface area contributed by atoms with Crippen LogP contribution < -0.4 is 10.2 Å². The normalized spacial score (nSPS) is 18.1. The van der Waals surface area contributed by atoms with E-state index in [1.807, 2.05) is 17.8 Å². The third-order valence-corrected chi connectivity index (χ3v) is 5.37. The molecule has 0 aliphatic carbocycles. The minimum Gasteiger partial charge on any atom is -0.353 e. The molecule has 1 saturated heterocycles. The highest BCUT2D eigenvalue weighted by molar-refractivity contribution is 7.99. The number of aryl methyl sites for hydroxylation is 1. The van der Waals surface area contributed by atoms with Crippen LogP contribution in [0.2, 0.25) is 0 Å². The summed E-state index contributed by atoms with van der Waals surface area (Å²) < 4.78 is 0. The summed E-state index contributed by atoms with van der Waals surface area (Å²) in [5.41, 5.74) is 2.34. The second-order valence-electron chi connectivity index (χ2n) is 5.70. The average molecular weight is 312 g/mol. The van der Waals surface area contributed by atoms with E-state index in [1.54, 1.807) is 0 Å². The van der Waals surface area contributed by atoms with Crippen molar-refractivity contribution >= 4 is 17.6 Å². The molecule has 4 rings (SSSR count). The van der Waals surface area contributed by atoms with Gasteiger partial charge in [-0.25, -0.2) is 9.97 Å². The van der Waals surface area contributed by atoms with Crippen LogP contribution in [0.1, 0.15) is 12.1 Å². The number of nitrogens with one attached hydrogen (secondary N) is 1. The molecular weight excluding hydrogens is 292 g/mol. The minimum atomic E-state index is 0.871. The van der Waals surface area contributed by atoms with E-state index >= 15 is 0 Å². The van der Waals surface area contributed by atoms with Gasteiger partial charge in [-0.3, -0.25) is 0 Å². The van der Waals surface area contributed by atoms with Crippen molar-refractivity contribution in [3.05, 3.63) is 36.0 Å². The van der Waals surface area contributed by atoms with E-state index in [9.17, 15) is 0 Å². The minimum absolute atomic E-state index is 0.871. The van der Waals surface area contributed by atoms with Crippen molar-refractivity contribution in [2.24, 2.45) is 0 Å². The number of piperazine rings is 1. The van der Waals surface area contributed by atoms with Crippen LogP contribution >= 0.6 is 11.8 Å². The van der Waals surface area contributed by atoms with Crippen LogP contribution in [0.4, 0.5) is 5.82 Å². The molecule has 0 saturated carbocycles. The smallest absolute Gasteiger partial charge is 0.161 e. The molecule has 0 spiro atoms. The lowest BCUT2D eigenvalue weighted by Crippen LogP contribution is -2.44. The summed E-state index contributed by atoms with van der Waals surface area (Å²) in [6.45, 7) is 4.12. The molecule has 0 radical (unpaired) electrons. The monoisotopic (exact) mass is 312 g/mol. The number of anilines is 1. The van der Waals surface area contributed by atoms with Gasteiger partial charge < -0.3 is 10.2 Å². The molecule has 3 heterocycles. The van der Waals surface area contributed by atoms with E-state index in [0.717, 1.165) is 49.8 Å². The lowest BCUT2D eigenvalue weighted by atomic mass is 10.1. The molecule has 0 bridgehead atoms. The Labute approximate surface area is 135 Å². The quantitative estimate of drug-likeness (QED) is 0.923. The van der Waals surface area contributed by atoms with Crippen molar-refractivity contribution in [1.29, 1.82) is 0 Å². The lowest BCUT2D eigenvalue weighted by molar-refractivity contribution is 0.580. The molecule has 0 atom stereocenters. The van der Waals surface area contributed by atoms with Crippen molar-refractivity contribution < 1.29 is 0 Å². The van der Waals surface area contributed by atoms with Crippen molar-refractivity contribution in [1.82, 2.24) is 15.3 Å². The molecule has 1 aromatic carbocycles. The van der Waals surface area contributed by atoms with E-state index in [0.29, 0.717) is 0 Å². The molecule has 2 aliphatic rings. The lowest BCUT2D eigenvalue weighted by Gasteiger charge is -2.31. The highest BCUT2D eigenvalue weighted by atomic mass is 32.2. The Kier molecular flexibility index (Phi) is 3.99. The van der Waals surface area contributed by atoms with Crippen LogP contribution in [0.5, 0.6) is 0 Å². The van der Waals surface area contributed by atoms with E-state index in [1.165, 1.54) is 22.8 Å². The number of benzene rings is 1. The molecule has 1 aromatic heterocycles. The Morgan fingerprint density at radius 3 is 2.68 bits per heavy atom. The van der Waals surface area contributed by atoms with Crippen LogP contribution in [0.15, 0.2) is 35.2 Å². The van der Waals surface area contributed by atoms with E-state index in [4.69, 9.17) is 9.97 Å². The predicted octanol–water partition coefficient (Wildman–Crippen LogP) is 2.59. The maximum Gasteiger partial charge on any atom is 0.161 e. The van der Waals surface area contributed by atoms with Crippen LogP contribution in [0, 0.1) is 0 Å². The van der Waals surface area contributed by atoms with Crippen LogP contribution in [-0.2, 0) is 6.42 Å². The third kappa shape index (κ3) is 2.71. The number of nitrogens with zero attached hydrogens (tertiary/aromatic N) is 3. The van der Waals surface area contributed by atoms with Gasteiger partial charge in [0.15, 0.2) is 5.82 Å². The largest absolute Gasteiger partial charge is 0.353 e. The van der Waals surface area contributed by atoms with Gasteiger partial charge in [0.1, 0.15) is 5.82 Å². The van der Waals surface area contributed by atoms with Gasteiger partial charge in [-0.05, 0) is 18.6 Å². The summed E-state index contributed by atoms with van der Waals surface area (Å²) in [4.78, 5) is 13.5. The Hall–Kier alpha value is -1.59. The first kappa shape index (κ1) is 14.0. The van der Waals surface area contributed by atoms with Crippen molar-refractivity contribution in [3.63, 3.8) is 0 Å². The van der Waals surface area contributed by atoms with Crippen molar-refractivity contribution in [2.45, 2.75) is 17.7 Å². The maximum absolute atomic E-state index is 4.95. The summed E-state index contributed by atoms with van der Waals surface area (Å²) >= 11 is 1.93. The molecule has 22 heavy (non-hydrogen) atoms. The molecule has 114 valence electrons. The fourth-order valence-electron chi connectivity index (χ4n) is 3.02. The van der Waals surface area contributed by atoms with Crippen molar-refractivity contribution in [3.8, 4) is 11.4 Å². The Balaban J connectivity index is 1.80. The molecule has 2 aromatic rings. The van der Waals surface area contributed by atoms with Crippen LogP contribution in [0.3, 0.4) is 0 Å². The molecular formula is C17H20N4S. The molecule has 0 unspecified atom stereocenters. The molecule has 1 N–H and O–H groups in total. The number of thioether (sulfide) groups is 1. The summed E-state index contributed by atoms with van der Waals surface area (Å²) in [7, 11) is 0. The first-order chi connectivity index (χ1) is 10.9. The van der Waals surface area contributed by atoms with Crippen molar-refractivity contribution in [2.75, 3.05) is 36.8 Å². The standard InChI is InChI=1S/C17H20N4S/c1-2-5-13(6-3-1)16-19-14-7-4-12-22-15(14)17(20-16)21-10-8-18-9-11-21/h1-3,5-6,18H,4,7-12H2. The SMILES string of the molecule is c1ccc(-c2nc3c(c(N4CCNCC4)n2)SCCC3)cc1. The molecule has 2 aliphatic heterocycles. The summed E-state index contributed by atoms with van der Waals surface area (Å²) in [6.07, 6.45) is 2.29. The number of hydrogen-bond acceptors (Lipinski definition) is 5. The first-order valence-corrected chi connectivity index (χ1v) is 8.95. The summed E-state index contributed by atoms with van der Waals surface area (Å²) in [5, 5.41) is 3.42. The van der Waals surface area contributed by atoms with Gasteiger partial charge in [-0.1, -0.05) is 30.3 Å². The van der Waals surface area contributed by atoms with Gasteiger partial charge in [0, 0.05) is 31.7 Å². The van der Waals surface area contributed by atoms with Gasteiger partial charge in [-0.15, -0.1) is 11.8 Å². The van der Waals surface area contributed by atoms with Gasteiger partial charge in [0.05, 0.1) is 10.6 Å². The topological polar surface area (TPSA) is 41.1 Å². The zero-order valence-electron chi connectivity index (χ0n) is 12.6. The van der Waals surface area contributed by atoms with Gasteiger partial charge in [-0.2, -0.15) is 0 Å². The summed E-state index contributed by atoms with van der Waals surface area (Å²) in [5.74, 6) is 3.20. The number of fused-ring (bicyclic) bond motifs is 1. The van der Waals surface area contributed by atoms with Crippen LogP contribution in [0.25, 0.3) is 11.4 Å². The third-order valence-electron chi connectivity index (χ3n) is 4.17. The summed E-state index contributed by atoms with van der Waals surface area (Å²) in [6, 6.07) is 10.3. The van der Waals surface area contributed by atoms with E-state index in [2.05, 4.69) is 34.5 Å². The Morgan fingerprint density at radius 1 is 1.05 bits per heavy atom. The highest BCUT2D eigenvalue weighted by Crippen LogP contribution is 2.37. The van der Waals surface area contributed by atoms with E-state index in [-0.39, 0.29) is 0 Å². The maximum atomic E-state index is 4.95. The second kappa shape index (κ2) is 6.26. The first-order valence-electron chi connectivity index (χ1n) is 7.96. The molecule has 5 heteroatoms. The second-order valence-corrected chi connectivity index (χ2v) is 6.81. The zero-order chi connectivity index (χ0) is 14.8. The predicted molar refractivity (Wildman–Crippen MR) is 91.6 cm³/mol. The zero-order valence-corrected chi connectivity index (χ0v) is 13.4. The van der Waals surface area contributed by atoms with Gasteiger partial charge in [0.2, 0.25) is 0 Å². The molecule has 0 amide bonds. The van der Waals surface area contributed by atoms with Gasteiger partial charge in [0.25, 0.3) is 0 Å². The fourth-order valence-corrected chi connectivity index (χ4v) is 4.13. The average Bonchev–Trinajstić information content (AvgIpc) is 2.62. The Morgan fingerprint density at radius 2 is 1.86 bits per heavy atom. The number of hydrogen-bond donors (Lipinski definition) is 1. The fraction of sp³-hybridized carbons (Fsp3) is 0.412. The number of rotatable bonds is 2. The molecule has 1 fully saturated rings. The van der Waals surface area contributed by atoms with Gasteiger partial charge >= 0.3 is 0 Å². The van der Waals surface area contributed by atoms with E-state index < -0.39 is 0 Å². The number of aromatic nitrogens is 2.